The van der Waals surface area contributed by atoms with Crippen LogP contribution in [0.5, 0.6) is 0 Å². The molecule has 2 aromatic rings. The molecule has 1 atom stereocenters. The fourth-order valence-electron chi connectivity index (χ4n) is 3.60. The first-order valence-electron chi connectivity index (χ1n) is 8.78. The van der Waals surface area contributed by atoms with Crippen LogP contribution in [0.2, 0.25) is 0 Å². The highest BCUT2D eigenvalue weighted by Crippen LogP contribution is 2.17. The first-order valence-corrected chi connectivity index (χ1v) is 8.78. The van der Waals surface area contributed by atoms with E-state index in [0.29, 0.717) is 6.10 Å². The van der Waals surface area contributed by atoms with E-state index in [4.69, 9.17) is 4.74 Å². The molecule has 0 spiro atoms. The minimum absolute atomic E-state index is 0.341. The Hall–Kier alpha value is -1.77. The van der Waals surface area contributed by atoms with Crippen molar-refractivity contribution in [1.29, 1.82) is 0 Å². The van der Waals surface area contributed by atoms with E-state index in [1.807, 2.05) is 10.6 Å². The van der Waals surface area contributed by atoms with Crippen LogP contribution in [-0.2, 0) is 4.74 Å². The van der Waals surface area contributed by atoms with Crippen LogP contribution in [0.4, 0.5) is 5.82 Å². The molecule has 2 saturated heterocycles. The summed E-state index contributed by atoms with van der Waals surface area (Å²) in [6, 6.07) is 0. The molecule has 130 valence electrons. The molecule has 0 N–H and O–H groups in total. The molecule has 24 heavy (non-hydrogen) atoms. The summed E-state index contributed by atoms with van der Waals surface area (Å²) >= 11 is 0. The average molecular weight is 331 g/mol. The van der Waals surface area contributed by atoms with Gasteiger partial charge in [-0.25, -0.2) is 0 Å². The van der Waals surface area contributed by atoms with Gasteiger partial charge in [-0.3, -0.25) is 19.2 Å². The third kappa shape index (κ3) is 3.22. The van der Waals surface area contributed by atoms with Gasteiger partial charge in [0.15, 0.2) is 5.65 Å². The minimum Gasteiger partial charge on any atom is -0.374 e. The van der Waals surface area contributed by atoms with E-state index in [1.54, 1.807) is 12.5 Å². The third-order valence-corrected chi connectivity index (χ3v) is 5.03. The summed E-state index contributed by atoms with van der Waals surface area (Å²) in [5, 5.41) is 8.05. The number of anilines is 1. The SMILES string of the molecule is CCN1CCOC(CN2CCN(c3cncc4nncn34)CC2)C1. The van der Waals surface area contributed by atoms with Crippen LogP contribution in [0.25, 0.3) is 5.65 Å². The standard InChI is InChI=1S/C16H25N7O/c1-2-20-7-8-24-14(11-20)12-21-3-5-22(6-4-21)16-10-17-9-15-19-18-13-23(15)16/h9-10,13-14H,2-8,11-12H2,1H3. The number of likely N-dealkylation sites (N-methyl/N-ethyl adjacent to an activating group) is 1. The van der Waals surface area contributed by atoms with Crippen LogP contribution < -0.4 is 4.90 Å². The molecule has 0 amide bonds. The molecule has 2 aliphatic rings. The van der Waals surface area contributed by atoms with Crippen molar-refractivity contribution in [2.45, 2.75) is 13.0 Å². The van der Waals surface area contributed by atoms with Crippen molar-refractivity contribution in [2.75, 3.05) is 63.9 Å². The Kier molecular flexibility index (Phi) is 4.59. The molecule has 0 saturated carbocycles. The molecule has 0 aromatic carbocycles. The number of nitrogens with zero attached hydrogens (tertiary/aromatic N) is 7. The lowest BCUT2D eigenvalue weighted by Crippen LogP contribution is -2.52. The maximum atomic E-state index is 5.94. The van der Waals surface area contributed by atoms with Gasteiger partial charge in [0.2, 0.25) is 0 Å². The van der Waals surface area contributed by atoms with Crippen LogP contribution in [-0.4, -0.2) is 94.5 Å². The summed E-state index contributed by atoms with van der Waals surface area (Å²) in [7, 11) is 0. The summed E-state index contributed by atoms with van der Waals surface area (Å²) < 4.78 is 7.95. The van der Waals surface area contributed by atoms with E-state index < -0.39 is 0 Å². The van der Waals surface area contributed by atoms with Crippen LogP contribution in [0.3, 0.4) is 0 Å². The number of fused-ring (bicyclic) bond motifs is 1. The average Bonchev–Trinajstić information content (AvgIpc) is 3.11. The van der Waals surface area contributed by atoms with Crippen molar-refractivity contribution in [1.82, 2.24) is 29.4 Å². The highest BCUT2D eigenvalue weighted by atomic mass is 16.5. The predicted octanol–water partition coefficient (Wildman–Crippen LogP) is -0.0330. The van der Waals surface area contributed by atoms with E-state index in [1.165, 1.54) is 0 Å². The van der Waals surface area contributed by atoms with Crippen LogP contribution in [0.15, 0.2) is 18.7 Å². The van der Waals surface area contributed by atoms with Crippen molar-refractivity contribution in [3.8, 4) is 0 Å². The highest BCUT2D eigenvalue weighted by molar-refractivity contribution is 5.47. The van der Waals surface area contributed by atoms with Gasteiger partial charge in [0, 0.05) is 45.8 Å². The van der Waals surface area contributed by atoms with Gasteiger partial charge in [-0.2, -0.15) is 0 Å². The second-order valence-corrected chi connectivity index (χ2v) is 6.50. The Labute approximate surface area is 142 Å². The molecule has 4 heterocycles. The summed E-state index contributed by atoms with van der Waals surface area (Å²) in [5.41, 5.74) is 0.796. The number of hydrogen-bond acceptors (Lipinski definition) is 7. The fraction of sp³-hybridized carbons (Fsp3) is 0.688. The summed E-state index contributed by atoms with van der Waals surface area (Å²) in [5.74, 6) is 1.07. The van der Waals surface area contributed by atoms with E-state index in [0.717, 1.165) is 70.4 Å². The lowest BCUT2D eigenvalue weighted by atomic mass is 10.2. The number of aromatic nitrogens is 4. The summed E-state index contributed by atoms with van der Waals surface area (Å²) in [6.45, 7) is 11.4. The molecule has 0 aliphatic carbocycles. The molecule has 8 nitrogen and oxygen atoms in total. The molecular formula is C16H25N7O. The lowest BCUT2D eigenvalue weighted by molar-refractivity contribution is -0.0422. The maximum absolute atomic E-state index is 5.94. The van der Waals surface area contributed by atoms with Crippen LogP contribution in [0.1, 0.15) is 6.92 Å². The normalized spacial score (nSPS) is 23.9. The molecule has 0 radical (unpaired) electrons. The minimum atomic E-state index is 0.341. The second-order valence-electron chi connectivity index (χ2n) is 6.50. The smallest absolute Gasteiger partial charge is 0.180 e. The maximum Gasteiger partial charge on any atom is 0.180 e. The first-order chi connectivity index (χ1) is 11.8. The molecule has 2 fully saturated rings. The molecule has 4 rings (SSSR count). The zero-order valence-electron chi connectivity index (χ0n) is 14.2. The summed E-state index contributed by atoms with van der Waals surface area (Å²) in [4.78, 5) is 11.6. The van der Waals surface area contributed by atoms with Crippen molar-refractivity contribution in [2.24, 2.45) is 0 Å². The highest BCUT2D eigenvalue weighted by Gasteiger charge is 2.25. The van der Waals surface area contributed by atoms with Gasteiger partial charge in [0.1, 0.15) is 12.1 Å². The van der Waals surface area contributed by atoms with Gasteiger partial charge in [-0.1, -0.05) is 6.92 Å². The van der Waals surface area contributed by atoms with E-state index in [9.17, 15) is 0 Å². The van der Waals surface area contributed by atoms with Gasteiger partial charge < -0.3 is 9.64 Å². The molecule has 0 bridgehead atoms. The van der Waals surface area contributed by atoms with E-state index >= 15 is 0 Å². The number of ether oxygens (including phenoxy) is 1. The third-order valence-electron chi connectivity index (χ3n) is 5.03. The van der Waals surface area contributed by atoms with E-state index in [2.05, 4.69) is 36.8 Å². The van der Waals surface area contributed by atoms with Gasteiger partial charge in [0.25, 0.3) is 0 Å². The zero-order valence-corrected chi connectivity index (χ0v) is 14.2. The number of rotatable bonds is 4. The van der Waals surface area contributed by atoms with Gasteiger partial charge >= 0.3 is 0 Å². The van der Waals surface area contributed by atoms with Gasteiger partial charge in [0.05, 0.1) is 25.1 Å². The number of piperazine rings is 1. The second kappa shape index (κ2) is 7.00. The van der Waals surface area contributed by atoms with E-state index in [-0.39, 0.29) is 0 Å². The Morgan fingerprint density at radius 2 is 2.00 bits per heavy atom. The van der Waals surface area contributed by atoms with Gasteiger partial charge in [-0.05, 0) is 6.54 Å². The van der Waals surface area contributed by atoms with Crippen LogP contribution >= 0.6 is 0 Å². The fourth-order valence-corrected chi connectivity index (χ4v) is 3.60. The molecule has 2 aliphatic heterocycles. The predicted molar refractivity (Wildman–Crippen MR) is 91.3 cm³/mol. The number of hydrogen-bond donors (Lipinski definition) is 0. The topological polar surface area (TPSA) is 62.0 Å². The Morgan fingerprint density at radius 3 is 2.83 bits per heavy atom. The Bertz CT molecular complexity index is 667. The monoisotopic (exact) mass is 331 g/mol. The molecule has 1 unspecified atom stereocenters. The number of morpholine rings is 1. The largest absolute Gasteiger partial charge is 0.374 e. The Morgan fingerprint density at radius 1 is 1.12 bits per heavy atom. The Balaban J connectivity index is 1.34. The molecular weight excluding hydrogens is 306 g/mol. The van der Waals surface area contributed by atoms with Crippen LogP contribution in [0, 0.1) is 0 Å². The van der Waals surface area contributed by atoms with Crippen molar-refractivity contribution in [3.63, 3.8) is 0 Å². The summed E-state index contributed by atoms with van der Waals surface area (Å²) in [6.07, 6.45) is 5.74. The van der Waals surface area contributed by atoms with Crippen molar-refractivity contribution < 1.29 is 4.74 Å². The zero-order chi connectivity index (χ0) is 16.4. The molecule has 8 heteroatoms. The van der Waals surface area contributed by atoms with Crippen molar-refractivity contribution >= 4 is 11.5 Å². The quantitative estimate of drug-likeness (QED) is 0.779. The van der Waals surface area contributed by atoms with Crippen molar-refractivity contribution in [3.05, 3.63) is 18.7 Å². The lowest BCUT2D eigenvalue weighted by Gasteiger charge is -2.39. The van der Waals surface area contributed by atoms with Gasteiger partial charge in [-0.15, -0.1) is 10.2 Å². The molecule has 2 aromatic heterocycles. The first kappa shape index (κ1) is 15.7.